The summed E-state index contributed by atoms with van der Waals surface area (Å²) >= 11 is 0. The lowest BCUT2D eigenvalue weighted by atomic mass is 10.1. The third kappa shape index (κ3) is 3.04. The van der Waals surface area contributed by atoms with E-state index in [0.717, 1.165) is 13.8 Å². The lowest BCUT2D eigenvalue weighted by Crippen LogP contribution is -2.43. The second-order valence-electron chi connectivity index (χ2n) is 4.12. The van der Waals surface area contributed by atoms with Gasteiger partial charge in [-0.05, 0) is 20.3 Å². The van der Waals surface area contributed by atoms with Gasteiger partial charge in [0.1, 0.15) is 0 Å². The Balaban J connectivity index is 2.48. The molecule has 2 atom stereocenters. The van der Waals surface area contributed by atoms with Crippen LogP contribution >= 0.6 is 0 Å². The van der Waals surface area contributed by atoms with Crippen LogP contribution in [0.4, 0.5) is 4.39 Å². The van der Waals surface area contributed by atoms with Crippen LogP contribution in [-0.4, -0.2) is 28.7 Å². The minimum Gasteiger partial charge on any atom is -0.481 e. The van der Waals surface area contributed by atoms with E-state index in [9.17, 15) is 14.0 Å². The number of hydrogen-bond acceptors (Lipinski definition) is 2. The highest BCUT2D eigenvalue weighted by Gasteiger charge is 2.31. The normalized spacial score (nSPS) is 25.3. The van der Waals surface area contributed by atoms with Crippen LogP contribution in [0.3, 0.4) is 0 Å². The van der Waals surface area contributed by atoms with Crippen LogP contribution in [0.1, 0.15) is 20.3 Å². The van der Waals surface area contributed by atoms with Crippen LogP contribution in [0.2, 0.25) is 0 Å². The molecule has 15 heavy (non-hydrogen) atoms. The number of aliphatic carboxylic acids is 1. The molecule has 0 aliphatic heterocycles. The molecule has 0 radical (unpaired) electrons. The quantitative estimate of drug-likeness (QED) is 0.687. The molecule has 2 unspecified atom stereocenters. The maximum atomic E-state index is 13.1. The number of carboxylic acids is 1. The molecule has 0 aromatic rings. The summed E-state index contributed by atoms with van der Waals surface area (Å²) in [4.78, 5) is 21.8. The maximum Gasteiger partial charge on any atom is 0.310 e. The Bertz CT molecular complexity index is 306. The van der Waals surface area contributed by atoms with Crippen LogP contribution < -0.4 is 5.32 Å². The molecule has 0 aromatic heterocycles. The summed E-state index contributed by atoms with van der Waals surface area (Å²) in [6, 6.07) is -0.381. The molecule has 0 saturated heterocycles. The molecule has 0 heterocycles. The average molecular weight is 215 g/mol. The first kappa shape index (κ1) is 11.7. The molecule has 0 bridgehead atoms. The van der Waals surface area contributed by atoms with E-state index in [0.29, 0.717) is 0 Å². The monoisotopic (exact) mass is 215 g/mol. The van der Waals surface area contributed by atoms with E-state index in [4.69, 9.17) is 5.11 Å². The van der Waals surface area contributed by atoms with Gasteiger partial charge < -0.3 is 10.4 Å². The van der Waals surface area contributed by atoms with E-state index < -0.39 is 23.5 Å². The highest BCUT2D eigenvalue weighted by molar-refractivity contribution is 5.84. The molecule has 84 valence electrons. The van der Waals surface area contributed by atoms with E-state index in [1.165, 1.54) is 6.08 Å². The van der Waals surface area contributed by atoms with Gasteiger partial charge in [-0.3, -0.25) is 9.59 Å². The predicted molar refractivity (Wildman–Crippen MR) is 52.0 cm³/mol. The molecule has 0 spiro atoms. The Morgan fingerprint density at radius 1 is 1.47 bits per heavy atom. The summed E-state index contributed by atoms with van der Waals surface area (Å²) < 4.78 is 13.1. The van der Waals surface area contributed by atoms with Gasteiger partial charge in [0.15, 0.2) is 5.67 Å². The number of carbonyl (C=O) groups excluding carboxylic acids is 1. The van der Waals surface area contributed by atoms with Gasteiger partial charge in [-0.25, -0.2) is 4.39 Å². The first-order valence-electron chi connectivity index (χ1n) is 4.71. The minimum atomic E-state index is -1.94. The smallest absolute Gasteiger partial charge is 0.310 e. The first-order valence-corrected chi connectivity index (χ1v) is 4.71. The fourth-order valence-electron chi connectivity index (χ4n) is 1.33. The Hall–Kier alpha value is -1.39. The van der Waals surface area contributed by atoms with Crippen LogP contribution in [0, 0.1) is 5.92 Å². The van der Waals surface area contributed by atoms with Crippen molar-refractivity contribution in [3.05, 3.63) is 12.2 Å². The summed E-state index contributed by atoms with van der Waals surface area (Å²) in [5, 5.41) is 11.1. The minimum absolute atomic E-state index is 0.289. The van der Waals surface area contributed by atoms with E-state index in [2.05, 4.69) is 5.32 Å². The number of alkyl halides is 1. The zero-order valence-electron chi connectivity index (χ0n) is 8.66. The molecule has 0 fully saturated rings. The fourth-order valence-corrected chi connectivity index (χ4v) is 1.33. The Morgan fingerprint density at radius 3 is 2.47 bits per heavy atom. The van der Waals surface area contributed by atoms with Crippen LogP contribution in [0.5, 0.6) is 0 Å². The second kappa shape index (κ2) is 4.00. The number of rotatable bonds is 3. The molecule has 0 saturated carbocycles. The number of hydrogen-bond donors (Lipinski definition) is 2. The SMILES string of the molecule is CC(C)(F)C(=O)NC1C=CC(C(=O)O)C1. The van der Waals surface area contributed by atoms with Gasteiger partial charge in [0.05, 0.1) is 5.92 Å². The number of carbonyl (C=O) groups is 2. The fraction of sp³-hybridized carbons (Fsp3) is 0.600. The topological polar surface area (TPSA) is 66.4 Å². The summed E-state index contributed by atoms with van der Waals surface area (Å²) in [7, 11) is 0. The Morgan fingerprint density at radius 2 is 2.07 bits per heavy atom. The largest absolute Gasteiger partial charge is 0.481 e. The molecule has 2 N–H and O–H groups in total. The van der Waals surface area contributed by atoms with Crippen LogP contribution in [-0.2, 0) is 9.59 Å². The Kier molecular flexibility index (Phi) is 3.12. The van der Waals surface area contributed by atoms with Crippen molar-refractivity contribution in [2.24, 2.45) is 5.92 Å². The zero-order chi connectivity index (χ0) is 11.6. The molecule has 1 aliphatic rings. The van der Waals surface area contributed by atoms with Crippen molar-refractivity contribution in [3.63, 3.8) is 0 Å². The second-order valence-corrected chi connectivity index (χ2v) is 4.12. The van der Waals surface area contributed by atoms with Crippen molar-refractivity contribution in [2.45, 2.75) is 32.0 Å². The highest BCUT2D eigenvalue weighted by atomic mass is 19.1. The molecule has 5 heteroatoms. The Labute approximate surface area is 87.2 Å². The third-order valence-corrected chi connectivity index (χ3v) is 2.26. The van der Waals surface area contributed by atoms with Crippen molar-refractivity contribution >= 4 is 11.9 Å². The summed E-state index contributed by atoms with van der Waals surface area (Å²) in [6.45, 7) is 2.32. The highest BCUT2D eigenvalue weighted by Crippen LogP contribution is 2.19. The maximum absolute atomic E-state index is 13.1. The third-order valence-electron chi connectivity index (χ3n) is 2.26. The lowest BCUT2D eigenvalue weighted by molar-refractivity contribution is -0.140. The van der Waals surface area contributed by atoms with Gasteiger partial charge in [0.2, 0.25) is 0 Å². The standard InChI is InChI=1S/C10H14FNO3/c1-10(2,11)9(15)12-7-4-3-6(5-7)8(13)14/h3-4,6-7H,5H2,1-2H3,(H,12,15)(H,13,14). The molecular weight excluding hydrogens is 201 g/mol. The molecule has 1 amide bonds. The number of carboxylic acid groups (broad SMARTS) is 1. The van der Waals surface area contributed by atoms with Crippen molar-refractivity contribution < 1.29 is 19.1 Å². The molecule has 0 aromatic carbocycles. The van der Waals surface area contributed by atoms with Crippen molar-refractivity contribution in [2.75, 3.05) is 0 Å². The van der Waals surface area contributed by atoms with Gasteiger partial charge in [0, 0.05) is 6.04 Å². The zero-order valence-corrected chi connectivity index (χ0v) is 8.66. The van der Waals surface area contributed by atoms with Gasteiger partial charge in [-0.1, -0.05) is 12.2 Å². The number of amides is 1. The molecular formula is C10H14FNO3. The molecule has 1 rings (SSSR count). The van der Waals surface area contributed by atoms with E-state index in [1.54, 1.807) is 6.08 Å². The van der Waals surface area contributed by atoms with Gasteiger partial charge in [-0.15, -0.1) is 0 Å². The van der Waals surface area contributed by atoms with Crippen LogP contribution in [0.15, 0.2) is 12.2 Å². The van der Waals surface area contributed by atoms with E-state index >= 15 is 0 Å². The van der Waals surface area contributed by atoms with E-state index in [1.807, 2.05) is 0 Å². The summed E-state index contributed by atoms with van der Waals surface area (Å²) in [5.74, 6) is -2.23. The number of nitrogens with one attached hydrogen (secondary N) is 1. The molecule has 1 aliphatic carbocycles. The van der Waals surface area contributed by atoms with Gasteiger partial charge in [-0.2, -0.15) is 0 Å². The molecule has 4 nitrogen and oxygen atoms in total. The van der Waals surface area contributed by atoms with Gasteiger partial charge in [0.25, 0.3) is 5.91 Å². The van der Waals surface area contributed by atoms with Crippen molar-refractivity contribution in [1.29, 1.82) is 0 Å². The summed E-state index contributed by atoms with van der Waals surface area (Å²) in [6.07, 6.45) is 3.39. The summed E-state index contributed by atoms with van der Waals surface area (Å²) in [5.41, 5.74) is -1.94. The van der Waals surface area contributed by atoms with E-state index in [-0.39, 0.29) is 12.5 Å². The first-order chi connectivity index (χ1) is 6.80. The number of halogens is 1. The van der Waals surface area contributed by atoms with Gasteiger partial charge >= 0.3 is 5.97 Å². The van der Waals surface area contributed by atoms with Crippen molar-refractivity contribution in [1.82, 2.24) is 5.32 Å². The lowest BCUT2D eigenvalue weighted by Gasteiger charge is -2.18. The average Bonchev–Trinajstić information content (AvgIpc) is 2.50. The van der Waals surface area contributed by atoms with Crippen LogP contribution in [0.25, 0.3) is 0 Å². The predicted octanol–water partition coefficient (Wildman–Crippen LogP) is 0.880. The van der Waals surface area contributed by atoms with Crippen molar-refractivity contribution in [3.8, 4) is 0 Å².